The van der Waals surface area contributed by atoms with E-state index < -0.39 is 5.97 Å². The summed E-state index contributed by atoms with van der Waals surface area (Å²) in [7, 11) is 0. The predicted octanol–water partition coefficient (Wildman–Crippen LogP) is 1.35. The van der Waals surface area contributed by atoms with Crippen LogP contribution in [0.4, 0.5) is 5.69 Å². The van der Waals surface area contributed by atoms with Crippen LogP contribution in [0.2, 0.25) is 0 Å². The summed E-state index contributed by atoms with van der Waals surface area (Å²) in [5, 5.41) is 1.68. The number of fused-ring (bicyclic) bond motifs is 1. The molecule has 0 aliphatic carbocycles. The van der Waals surface area contributed by atoms with E-state index in [4.69, 9.17) is 4.74 Å². The van der Waals surface area contributed by atoms with Crippen molar-refractivity contribution in [3.8, 4) is 0 Å². The first-order valence-electron chi connectivity index (χ1n) is 7.25. The molecule has 0 saturated carbocycles. The van der Waals surface area contributed by atoms with Crippen LogP contribution in [-0.2, 0) is 27.3 Å². The first kappa shape index (κ1) is 15.5. The molecule has 0 unspecified atom stereocenters. The van der Waals surface area contributed by atoms with Crippen molar-refractivity contribution in [3.05, 3.63) is 50.6 Å². The number of rotatable bonds is 4. The average molecular weight is 332 g/mol. The predicted molar refractivity (Wildman–Crippen MR) is 86.8 cm³/mol. The van der Waals surface area contributed by atoms with Crippen molar-refractivity contribution >= 4 is 28.9 Å². The zero-order valence-corrected chi connectivity index (χ0v) is 13.5. The van der Waals surface area contributed by atoms with E-state index >= 15 is 0 Å². The van der Waals surface area contributed by atoms with E-state index in [1.807, 2.05) is 24.3 Å². The maximum Gasteiger partial charge on any atom is 0.326 e. The lowest BCUT2D eigenvalue weighted by Gasteiger charge is -2.17. The molecule has 6 nitrogen and oxygen atoms in total. The molecule has 3 rings (SSSR count). The van der Waals surface area contributed by atoms with Gasteiger partial charge in [0.1, 0.15) is 6.54 Å². The largest absolute Gasteiger partial charge is 0.454 e. The summed E-state index contributed by atoms with van der Waals surface area (Å²) in [5.41, 5.74) is 2.70. The topological polar surface area (TPSA) is 68.6 Å². The number of ether oxygens (including phenoxy) is 1. The van der Waals surface area contributed by atoms with Gasteiger partial charge in [0.2, 0.25) is 0 Å². The Labute approximate surface area is 136 Å². The molecule has 7 heteroatoms. The van der Waals surface area contributed by atoms with Crippen molar-refractivity contribution in [1.29, 1.82) is 0 Å². The van der Waals surface area contributed by atoms with Gasteiger partial charge in [0.05, 0.1) is 0 Å². The fraction of sp³-hybridized carbons (Fsp3) is 0.312. The second-order valence-corrected chi connectivity index (χ2v) is 6.13. The van der Waals surface area contributed by atoms with E-state index in [1.165, 1.54) is 4.57 Å². The molecule has 23 heavy (non-hydrogen) atoms. The van der Waals surface area contributed by atoms with Gasteiger partial charge in [-0.15, -0.1) is 0 Å². The number of para-hydroxylation sites is 1. The van der Waals surface area contributed by atoms with E-state index in [-0.39, 0.29) is 23.9 Å². The molecule has 1 amide bonds. The number of aryl methyl sites for hydroxylation is 1. The first-order chi connectivity index (χ1) is 11.1. The number of amides is 1. The average Bonchev–Trinajstić information content (AvgIpc) is 3.11. The minimum atomic E-state index is -0.588. The number of carbonyl (C=O) groups excluding carboxylic acids is 2. The normalized spacial score (nSPS) is 13.0. The van der Waals surface area contributed by atoms with Gasteiger partial charge in [-0.3, -0.25) is 19.0 Å². The fourth-order valence-electron chi connectivity index (χ4n) is 2.59. The Balaban J connectivity index is 1.58. The molecule has 120 valence electrons. The lowest BCUT2D eigenvalue weighted by atomic mass is 10.2. The number of nitrogens with zero attached hydrogens (tertiary/aromatic N) is 2. The molecular formula is C16H16N2O4S. The van der Waals surface area contributed by atoms with E-state index in [0.717, 1.165) is 29.0 Å². The molecule has 0 bridgehead atoms. The summed E-state index contributed by atoms with van der Waals surface area (Å²) >= 11 is 1.03. The quantitative estimate of drug-likeness (QED) is 0.793. The van der Waals surface area contributed by atoms with Crippen molar-refractivity contribution in [2.24, 2.45) is 0 Å². The van der Waals surface area contributed by atoms with Crippen LogP contribution < -0.4 is 9.77 Å². The van der Waals surface area contributed by atoms with Crippen LogP contribution >= 0.6 is 11.3 Å². The summed E-state index contributed by atoms with van der Waals surface area (Å²) in [6, 6.07) is 7.69. The molecule has 1 aromatic heterocycles. The smallest absolute Gasteiger partial charge is 0.326 e. The van der Waals surface area contributed by atoms with Crippen LogP contribution in [0.1, 0.15) is 11.3 Å². The fourth-order valence-corrected chi connectivity index (χ4v) is 3.32. The van der Waals surface area contributed by atoms with Crippen LogP contribution in [0, 0.1) is 6.92 Å². The highest BCUT2D eigenvalue weighted by atomic mass is 32.1. The van der Waals surface area contributed by atoms with Gasteiger partial charge >= 0.3 is 10.8 Å². The summed E-state index contributed by atoms with van der Waals surface area (Å²) in [4.78, 5) is 37.0. The van der Waals surface area contributed by atoms with Gasteiger partial charge in [0.15, 0.2) is 6.61 Å². The van der Waals surface area contributed by atoms with Gasteiger partial charge in [-0.05, 0) is 25.0 Å². The number of hydrogen-bond acceptors (Lipinski definition) is 5. The molecule has 0 atom stereocenters. The number of esters is 1. The minimum Gasteiger partial charge on any atom is -0.454 e. The molecule has 2 aromatic rings. The molecular weight excluding hydrogens is 316 g/mol. The van der Waals surface area contributed by atoms with Gasteiger partial charge < -0.3 is 9.64 Å². The van der Waals surface area contributed by atoms with Crippen molar-refractivity contribution in [2.45, 2.75) is 19.9 Å². The highest BCUT2D eigenvalue weighted by Crippen LogP contribution is 2.27. The second-order valence-electron chi connectivity index (χ2n) is 5.31. The van der Waals surface area contributed by atoms with Crippen LogP contribution in [-0.4, -0.2) is 29.6 Å². The SMILES string of the molecule is Cc1csc(=O)n1CC(=O)OCC(=O)N1CCc2ccccc21. The summed E-state index contributed by atoms with van der Waals surface area (Å²) in [6.45, 7) is 1.86. The molecule has 0 fully saturated rings. The third-order valence-corrected chi connectivity index (χ3v) is 4.69. The molecule has 0 radical (unpaired) electrons. The Morgan fingerprint density at radius 1 is 1.30 bits per heavy atom. The number of thiazole rings is 1. The highest BCUT2D eigenvalue weighted by Gasteiger charge is 2.24. The number of anilines is 1. The Morgan fingerprint density at radius 3 is 2.83 bits per heavy atom. The monoisotopic (exact) mass is 332 g/mol. The molecule has 0 spiro atoms. The van der Waals surface area contributed by atoms with Crippen molar-refractivity contribution in [3.63, 3.8) is 0 Å². The molecule has 2 heterocycles. The molecule has 1 aliphatic rings. The number of carbonyl (C=O) groups is 2. The maximum atomic E-state index is 12.2. The number of aromatic nitrogens is 1. The Kier molecular flexibility index (Phi) is 4.29. The van der Waals surface area contributed by atoms with Gasteiger partial charge in [-0.1, -0.05) is 29.5 Å². The zero-order valence-electron chi connectivity index (χ0n) is 12.7. The van der Waals surface area contributed by atoms with E-state index in [2.05, 4.69) is 0 Å². The second kappa shape index (κ2) is 6.37. The van der Waals surface area contributed by atoms with E-state index in [1.54, 1.807) is 17.2 Å². The van der Waals surface area contributed by atoms with Gasteiger partial charge in [-0.2, -0.15) is 0 Å². The molecule has 1 aliphatic heterocycles. The molecule has 1 aromatic carbocycles. The van der Waals surface area contributed by atoms with Crippen LogP contribution in [0.3, 0.4) is 0 Å². The third kappa shape index (κ3) is 3.19. The maximum absolute atomic E-state index is 12.2. The standard InChI is InChI=1S/C16H16N2O4S/c1-11-10-23-16(21)18(11)8-15(20)22-9-14(19)17-7-6-12-4-2-3-5-13(12)17/h2-5,10H,6-9H2,1H3. The summed E-state index contributed by atoms with van der Waals surface area (Å²) in [5.74, 6) is -0.841. The molecule has 0 N–H and O–H groups in total. The van der Waals surface area contributed by atoms with Crippen LogP contribution in [0.15, 0.2) is 34.4 Å². The van der Waals surface area contributed by atoms with Crippen molar-refractivity contribution < 1.29 is 14.3 Å². The number of hydrogen-bond donors (Lipinski definition) is 0. The van der Waals surface area contributed by atoms with Crippen LogP contribution in [0.25, 0.3) is 0 Å². The summed E-state index contributed by atoms with van der Waals surface area (Å²) < 4.78 is 6.37. The Hall–Kier alpha value is -2.41. The minimum absolute atomic E-state index is 0.169. The van der Waals surface area contributed by atoms with Crippen molar-refractivity contribution in [2.75, 3.05) is 18.1 Å². The zero-order chi connectivity index (χ0) is 16.4. The lowest BCUT2D eigenvalue weighted by Crippen LogP contribution is -2.34. The number of benzene rings is 1. The molecule has 0 saturated heterocycles. The van der Waals surface area contributed by atoms with Crippen LogP contribution in [0.5, 0.6) is 0 Å². The Bertz CT molecular complexity index is 808. The van der Waals surface area contributed by atoms with Gasteiger partial charge in [0, 0.05) is 23.3 Å². The van der Waals surface area contributed by atoms with Gasteiger partial charge in [-0.25, -0.2) is 0 Å². The lowest BCUT2D eigenvalue weighted by molar-refractivity contribution is -0.148. The van der Waals surface area contributed by atoms with Gasteiger partial charge in [0.25, 0.3) is 5.91 Å². The van der Waals surface area contributed by atoms with E-state index in [0.29, 0.717) is 12.2 Å². The highest BCUT2D eigenvalue weighted by molar-refractivity contribution is 7.07. The van der Waals surface area contributed by atoms with Crippen molar-refractivity contribution in [1.82, 2.24) is 4.57 Å². The first-order valence-corrected chi connectivity index (χ1v) is 8.13. The Morgan fingerprint density at radius 2 is 2.09 bits per heavy atom. The summed E-state index contributed by atoms with van der Waals surface area (Å²) in [6.07, 6.45) is 0.805. The third-order valence-electron chi connectivity index (χ3n) is 3.81. The van der Waals surface area contributed by atoms with E-state index in [9.17, 15) is 14.4 Å².